The van der Waals surface area contributed by atoms with Crippen LogP contribution < -0.4 is 16.4 Å². The highest BCUT2D eigenvalue weighted by atomic mass is 35.5. The van der Waals surface area contributed by atoms with Gasteiger partial charge in [-0.1, -0.05) is 6.07 Å². The number of nitrogens with two attached hydrogens (primary N) is 1. The predicted molar refractivity (Wildman–Crippen MR) is 109 cm³/mol. The summed E-state index contributed by atoms with van der Waals surface area (Å²) in [4.78, 5) is 24.8. The summed E-state index contributed by atoms with van der Waals surface area (Å²) in [7, 11) is 0. The summed E-state index contributed by atoms with van der Waals surface area (Å²) in [6.45, 7) is 3.05. The van der Waals surface area contributed by atoms with Crippen molar-refractivity contribution >= 4 is 35.6 Å². The summed E-state index contributed by atoms with van der Waals surface area (Å²) in [6, 6.07) is 7.75. The van der Waals surface area contributed by atoms with Crippen LogP contribution in [0, 0.1) is 5.92 Å². The smallest absolute Gasteiger partial charge is 0.248 e. The molecular weight excluding hydrogens is 382 g/mol. The van der Waals surface area contributed by atoms with E-state index in [4.69, 9.17) is 10.5 Å². The van der Waals surface area contributed by atoms with Crippen LogP contribution in [-0.4, -0.2) is 40.9 Å². The third-order valence-corrected chi connectivity index (χ3v) is 4.78. The first-order valence-corrected chi connectivity index (χ1v) is 9.09. The van der Waals surface area contributed by atoms with Gasteiger partial charge in [0.15, 0.2) is 0 Å². The van der Waals surface area contributed by atoms with Gasteiger partial charge in [0, 0.05) is 37.0 Å². The first kappa shape index (κ1) is 21.9. The molecule has 1 aromatic carbocycles. The molecule has 2 heterocycles. The molecule has 1 aliphatic heterocycles. The number of hydrogen-bond acceptors (Lipinski definition) is 5. The SMILES string of the molecule is CC(C(=O)Nc1cccc(NC(=O)C(N)C2CCOCC2)c1)n1cccn1.Cl. The molecule has 4 N–H and O–H groups in total. The molecule has 1 fully saturated rings. The number of halogens is 1. The molecule has 2 atom stereocenters. The lowest BCUT2D eigenvalue weighted by molar-refractivity contribution is -0.119. The molecule has 1 aliphatic rings. The lowest BCUT2D eigenvalue weighted by Crippen LogP contribution is -2.44. The van der Waals surface area contributed by atoms with Crippen molar-refractivity contribution in [3.8, 4) is 0 Å². The molecule has 0 spiro atoms. The van der Waals surface area contributed by atoms with Crippen LogP contribution in [0.4, 0.5) is 11.4 Å². The van der Waals surface area contributed by atoms with Gasteiger partial charge in [0.25, 0.3) is 0 Å². The van der Waals surface area contributed by atoms with Crippen molar-refractivity contribution in [1.29, 1.82) is 0 Å². The Morgan fingerprint density at radius 3 is 2.43 bits per heavy atom. The Labute approximate surface area is 170 Å². The Balaban J connectivity index is 0.00000280. The molecule has 0 radical (unpaired) electrons. The van der Waals surface area contributed by atoms with Crippen molar-refractivity contribution in [3.63, 3.8) is 0 Å². The quantitative estimate of drug-likeness (QED) is 0.679. The van der Waals surface area contributed by atoms with Crippen LogP contribution >= 0.6 is 12.4 Å². The molecular formula is C19H26ClN5O3. The van der Waals surface area contributed by atoms with E-state index in [0.717, 1.165) is 12.8 Å². The zero-order valence-electron chi connectivity index (χ0n) is 15.7. The Morgan fingerprint density at radius 2 is 1.82 bits per heavy atom. The Kier molecular flexibility index (Phi) is 7.98. The number of amides is 2. The topological polar surface area (TPSA) is 111 Å². The second-order valence-electron chi connectivity index (χ2n) is 6.70. The van der Waals surface area contributed by atoms with Crippen LogP contribution in [0.15, 0.2) is 42.7 Å². The normalized spacial score (nSPS) is 16.5. The van der Waals surface area contributed by atoms with Gasteiger partial charge in [-0.25, -0.2) is 0 Å². The maximum Gasteiger partial charge on any atom is 0.248 e. The van der Waals surface area contributed by atoms with Gasteiger partial charge in [0.05, 0.1) is 6.04 Å². The van der Waals surface area contributed by atoms with Crippen LogP contribution in [0.25, 0.3) is 0 Å². The Hall–Kier alpha value is -2.42. The zero-order valence-corrected chi connectivity index (χ0v) is 16.5. The summed E-state index contributed by atoms with van der Waals surface area (Å²) in [6.07, 6.45) is 4.94. The third kappa shape index (κ3) is 5.54. The molecule has 2 aromatic rings. The summed E-state index contributed by atoms with van der Waals surface area (Å²) in [5, 5.41) is 9.75. The fourth-order valence-electron chi connectivity index (χ4n) is 3.07. The lowest BCUT2D eigenvalue weighted by atomic mass is 9.92. The van der Waals surface area contributed by atoms with E-state index >= 15 is 0 Å². The van der Waals surface area contributed by atoms with E-state index in [2.05, 4.69) is 15.7 Å². The number of carbonyl (C=O) groups excluding carboxylic acids is 2. The first-order chi connectivity index (χ1) is 13.0. The molecule has 3 rings (SSSR count). The maximum absolute atomic E-state index is 12.4. The molecule has 1 aromatic heterocycles. The average molecular weight is 408 g/mol. The van der Waals surface area contributed by atoms with Gasteiger partial charge in [0.2, 0.25) is 11.8 Å². The van der Waals surface area contributed by atoms with E-state index in [-0.39, 0.29) is 30.1 Å². The number of anilines is 2. The molecule has 9 heteroatoms. The van der Waals surface area contributed by atoms with Gasteiger partial charge in [-0.2, -0.15) is 5.10 Å². The second-order valence-corrected chi connectivity index (χ2v) is 6.70. The third-order valence-electron chi connectivity index (χ3n) is 4.78. The number of nitrogens with one attached hydrogen (secondary N) is 2. The fraction of sp³-hybridized carbons (Fsp3) is 0.421. The van der Waals surface area contributed by atoms with Gasteiger partial charge in [-0.05, 0) is 49.9 Å². The maximum atomic E-state index is 12.4. The van der Waals surface area contributed by atoms with Crippen LogP contribution in [0.2, 0.25) is 0 Å². The van der Waals surface area contributed by atoms with E-state index in [1.807, 2.05) is 0 Å². The summed E-state index contributed by atoms with van der Waals surface area (Å²) in [5.74, 6) is -0.298. The van der Waals surface area contributed by atoms with Gasteiger partial charge in [-0.3, -0.25) is 14.3 Å². The fourth-order valence-corrected chi connectivity index (χ4v) is 3.07. The number of rotatable bonds is 6. The molecule has 0 saturated carbocycles. The predicted octanol–water partition coefficient (Wildman–Crippen LogP) is 2.20. The van der Waals surface area contributed by atoms with E-state index in [1.165, 1.54) is 0 Å². The average Bonchev–Trinajstić information content (AvgIpc) is 3.22. The number of hydrogen-bond donors (Lipinski definition) is 3. The van der Waals surface area contributed by atoms with Crippen molar-refractivity contribution < 1.29 is 14.3 Å². The highest BCUT2D eigenvalue weighted by molar-refractivity contribution is 5.97. The van der Waals surface area contributed by atoms with Gasteiger partial charge in [-0.15, -0.1) is 12.4 Å². The van der Waals surface area contributed by atoms with E-state index in [1.54, 1.807) is 54.3 Å². The summed E-state index contributed by atoms with van der Waals surface area (Å²) >= 11 is 0. The minimum Gasteiger partial charge on any atom is -0.381 e. The molecule has 0 bridgehead atoms. The van der Waals surface area contributed by atoms with E-state index in [0.29, 0.717) is 24.6 Å². The Bertz CT molecular complexity index is 778. The monoisotopic (exact) mass is 407 g/mol. The lowest BCUT2D eigenvalue weighted by Gasteiger charge is -2.26. The van der Waals surface area contributed by atoms with Crippen molar-refractivity contribution in [1.82, 2.24) is 9.78 Å². The minimum absolute atomic E-state index is 0. The van der Waals surface area contributed by atoms with Gasteiger partial charge >= 0.3 is 0 Å². The van der Waals surface area contributed by atoms with E-state index in [9.17, 15) is 9.59 Å². The molecule has 2 amide bonds. The van der Waals surface area contributed by atoms with Crippen molar-refractivity contribution in [2.75, 3.05) is 23.8 Å². The highest BCUT2D eigenvalue weighted by Gasteiger charge is 2.26. The number of benzene rings is 1. The first-order valence-electron chi connectivity index (χ1n) is 9.09. The summed E-state index contributed by atoms with van der Waals surface area (Å²) < 4.78 is 6.89. The largest absolute Gasteiger partial charge is 0.381 e. The molecule has 1 saturated heterocycles. The van der Waals surface area contributed by atoms with Crippen molar-refractivity contribution in [2.24, 2.45) is 11.7 Å². The second kappa shape index (κ2) is 10.2. The number of ether oxygens (including phenoxy) is 1. The van der Waals surface area contributed by atoms with Crippen LogP contribution in [0.5, 0.6) is 0 Å². The van der Waals surface area contributed by atoms with Crippen molar-refractivity contribution in [3.05, 3.63) is 42.7 Å². The molecule has 0 aliphatic carbocycles. The molecule has 28 heavy (non-hydrogen) atoms. The molecule has 8 nitrogen and oxygen atoms in total. The molecule has 152 valence electrons. The van der Waals surface area contributed by atoms with E-state index < -0.39 is 12.1 Å². The van der Waals surface area contributed by atoms with Crippen LogP contribution in [0.1, 0.15) is 25.8 Å². The minimum atomic E-state index is -0.577. The number of carbonyl (C=O) groups is 2. The standard InChI is InChI=1S/C19H25N5O3.ClH/c1-13(24-9-3-8-21-24)18(25)22-15-4-2-5-16(12-15)23-19(26)17(20)14-6-10-27-11-7-14;/h2-5,8-9,12-14,17H,6-7,10-11,20H2,1H3,(H,22,25)(H,23,26);1H. The highest BCUT2D eigenvalue weighted by Crippen LogP contribution is 2.20. The van der Waals surface area contributed by atoms with Crippen molar-refractivity contribution in [2.45, 2.75) is 31.8 Å². The molecule has 2 unspecified atom stereocenters. The van der Waals surface area contributed by atoms with Gasteiger partial charge < -0.3 is 21.1 Å². The van der Waals surface area contributed by atoms with Gasteiger partial charge in [0.1, 0.15) is 6.04 Å². The summed E-state index contributed by atoms with van der Waals surface area (Å²) in [5.41, 5.74) is 7.29. The van der Waals surface area contributed by atoms with Crippen LogP contribution in [-0.2, 0) is 14.3 Å². The number of aromatic nitrogens is 2. The zero-order chi connectivity index (χ0) is 19.2. The van der Waals surface area contributed by atoms with Crippen LogP contribution in [0.3, 0.4) is 0 Å². The number of nitrogens with zero attached hydrogens (tertiary/aromatic N) is 2. The Morgan fingerprint density at radius 1 is 1.18 bits per heavy atom.